The molecule has 0 aromatic heterocycles. The maximum Gasteiger partial charge on any atom is 0.267 e. The Morgan fingerprint density at radius 1 is 1.03 bits per heavy atom. The number of para-hydroxylation sites is 5. The summed E-state index contributed by atoms with van der Waals surface area (Å²) in [4.78, 5) is 13.0. The van der Waals surface area contributed by atoms with Gasteiger partial charge >= 0.3 is 0 Å². The predicted molar refractivity (Wildman–Crippen MR) is 119 cm³/mol. The van der Waals surface area contributed by atoms with Gasteiger partial charge in [-0.2, -0.15) is 0 Å². The van der Waals surface area contributed by atoms with Crippen molar-refractivity contribution < 1.29 is 22.7 Å². The van der Waals surface area contributed by atoms with Gasteiger partial charge in [0, 0.05) is 0 Å². The molecule has 0 aliphatic carbocycles. The van der Waals surface area contributed by atoms with Crippen LogP contribution in [0.25, 0.3) is 0 Å². The van der Waals surface area contributed by atoms with Crippen molar-refractivity contribution in [2.45, 2.75) is 13.0 Å². The van der Waals surface area contributed by atoms with E-state index in [0.29, 0.717) is 28.6 Å². The number of hydrogen-bond acceptors (Lipinski definition) is 5. The van der Waals surface area contributed by atoms with Crippen LogP contribution in [-0.4, -0.2) is 32.7 Å². The second-order valence-electron chi connectivity index (χ2n) is 6.91. The molecule has 1 N–H and O–H groups in total. The molecular weight excluding hydrogens is 416 g/mol. The molecule has 3 aromatic rings. The fourth-order valence-corrected chi connectivity index (χ4v) is 4.37. The third-order valence-corrected chi connectivity index (χ3v) is 6.59. The van der Waals surface area contributed by atoms with Crippen LogP contribution in [0.4, 0.5) is 11.4 Å². The summed E-state index contributed by atoms with van der Waals surface area (Å²) in [5.74, 6) is 0.905. The first kappa shape index (κ1) is 20.7. The highest BCUT2D eigenvalue weighted by Gasteiger charge is 2.36. The van der Waals surface area contributed by atoms with Crippen molar-refractivity contribution in [3.05, 3.63) is 78.9 Å². The van der Waals surface area contributed by atoms with Crippen molar-refractivity contribution in [2.75, 3.05) is 21.9 Å². The molecule has 0 bridgehead atoms. The molecule has 1 heterocycles. The van der Waals surface area contributed by atoms with Gasteiger partial charge in [0.25, 0.3) is 5.91 Å². The van der Waals surface area contributed by atoms with Gasteiger partial charge in [0.2, 0.25) is 10.0 Å². The van der Waals surface area contributed by atoms with Gasteiger partial charge in [0.15, 0.2) is 11.9 Å². The maximum absolute atomic E-state index is 13.0. The van der Waals surface area contributed by atoms with Gasteiger partial charge < -0.3 is 14.8 Å². The molecule has 0 radical (unpaired) electrons. The zero-order valence-electron chi connectivity index (χ0n) is 16.9. The Hall–Kier alpha value is -3.52. The van der Waals surface area contributed by atoms with Crippen molar-refractivity contribution in [3.63, 3.8) is 0 Å². The van der Waals surface area contributed by atoms with E-state index in [0.717, 1.165) is 0 Å². The molecular formula is C23H22N2O5S. The molecule has 7 nitrogen and oxygen atoms in total. The third kappa shape index (κ3) is 4.49. The van der Waals surface area contributed by atoms with Gasteiger partial charge in [-0.15, -0.1) is 0 Å². The number of nitrogens with zero attached hydrogens (tertiary/aromatic N) is 1. The lowest BCUT2D eigenvalue weighted by molar-refractivity contribution is -0.122. The van der Waals surface area contributed by atoms with E-state index in [4.69, 9.17) is 9.47 Å². The predicted octanol–water partition coefficient (Wildman–Crippen LogP) is 4.03. The zero-order valence-corrected chi connectivity index (χ0v) is 17.7. The Balaban J connectivity index is 1.57. The first-order valence-corrected chi connectivity index (χ1v) is 11.5. The first-order valence-electron chi connectivity index (χ1n) is 9.87. The average molecular weight is 439 g/mol. The molecule has 4 rings (SSSR count). The van der Waals surface area contributed by atoms with Crippen LogP contribution in [0.1, 0.15) is 6.92 Å². The summed E-state index contributed by atoms with van der Waals surface area (Å²) in [5, 5.41) is 2.81. The molecule has 3 aromatic carbocycles. The summed E-state index contributed by atoms with van der Waals surface area (Å²) in [5.41, 5.74) is 0.893. The highest BCUT2D eigenvalue weighted by atomic mass is 32.2. The Labute approximate surface area is 181 Å². The molecule has 0 saturated heterocycles. The van der Waals surface area contributed by atoms with E-state index in [2.05, 4.69) is 5.32 Å². The standard InChI is InChI=1S/C23H22N2O5S/c1-2-31(27,28)25-16-22(30-21-15-9-7-13-19(21)25)23(26)24-18-12-6-8-14-20(18)29-17-10-4-3-5-11-17/h3-15,22H,2,16H2,1H3,(H,24,26). The molecule has 31 heavy (non-hydrogen) atoms. The number of amides is 1. The Kier molecular flexibility index (Phi) is 5.81. The molecule has 1 aliphatic heterocycles. The van der Waals surface area contributed by atoms with E-state index in [1.54, 1.807) is 55.5 Å². The van der Waals surface area contributed by atoms with Crippen molar-refractivity contribution in [1.82, 2.24) is 0 Å². The number of nitrogens with one attached hydrogen (secondary N) is 1. The number of carbonyl (C=O) groups excluding carboxylic acids is 1. The minimum absolute atomic E-state index is 0.0799. The Bertz CT molecular complexity index is 1180. The van der Waals surface area contributed by atoms with Crippen LogP contribution in [0.3, 0.4) is 0 Å². The smallest absolute Gasteiger partial charge is 0.267 e. The summed E-state index contributed by atoms with van der Waals surface area (Å²) in [6, 6.07) is 23.0. The first-order chi connectivity index (χ1) is 15.0. The zero-order chi connectivity index (χ0) is 21.8. The minimum atomic E-state index is -3.57. The topological polar surface area (TPSA) is 84.9 Å². The molecule has 0 spiro atoms. The Morgan fingerprint density at radius 2 is 1.71 bits per heavy atom. The number of benzene rings is 3. The highest BCUT2D eigenvalue weighted by Crippen LogP contribution is 2.36. The van der Waals surface area contributed by atoms with E-state index in [9.17, 15) is 13.2 Å². The highest BCUT2D eigenvalue weighted by molar-refractivity contribution is 7.92. The van der Waals surface area contributed by atoms with Crippen molar-refractivity contribution in [1.29, 1.82) is 0 Å². The molecule has 1 aliphatic rings. The van der Waals surface area contributed by atoms with Gasteiger partial charge in [-0.05, 0) is 43.3 Å². The van der Waals surface area contributed by atoms with E-state index in [-0.39, 0.29) is 12.3 Å². The number of fused-ring (bicyclic) bond motifs is 1. The fourth-order valence-electron chi connectivity index (χ4n) is 3.25. The molecule has 0 saturated carbocycles. The monoisotopic (exact) mass is 438 g/mol. The largest absolute Gasteiger partial charge is 0.476 e. The number of carbonyl (C=O) groups is 1. The second-order valence-corrected chi connectivity index (χ2v) is 9.09. The van der Waals surface area contributed by atoms with E-state index < -0.39 is 22.0 Å². The van der Waals surface area contributed by atoms with Gasteiger partial charge in [-0.1, -0.05) is 42.5 Å². The van der Waals surface area contributed by atoms with Crippen molar-refractivity contribution in [2.24, 2.45) is 0 Å². The van der Waals surface area contributed by atoms with Gasteiger partial charge in [-0.25, -0.2) is 8.42 Å². The van der Waals surface area contributed by atoms with Crippen LogP contribution in [0.15, 0.2) is 78.9 Å². The summed E-state index contributed by atoms with van der Waals surface area (Å²) >= 11 is 0. The number of hydrogen-bond donors (Lipinski definition) is 1. The number of sulfonamides is 1. The van der Waals surface area contributed by atoms with Gasteiger partial charge in [0.1, 0.15) is 11.5 Å². The summed E-state index contributed by atoms with van der Waals surface area (Å²) in [6.07, 6.45) is -1.01. The van der Waals surface area contributed by atoms with Crippen LogP contribution >= 0.6 is 0 Å². The normalized spacial score (nSPS) is 15.5. The number of rotatable bonds is 6. The number of anilines is 2. The van der Waals surface area contributed by atoms with Crippen molar-refractivity contribution in [3.8, 4) is 17.2 Å². The fraction of sp³-hybridized carbons (Fsp3) is 0.174. The van der Waals surface area contributed by atoms with Gasteiger partial charge in [0.05, 0.1) is 23.7 Å². The lowest BCUT2D eigenvalue weighted by Gasteiger charge is -2.34. The van der Waals surface area contributed by atoms with E-state index in [1.807, 2.05) is 30.3 Å². The minimum Gasteiger partial charge on any atom is -0.476 e. The van der Waals surface area contributed by atoms with Crippen molar-refractivity contribution >= 4 is 27.3 Å². The van der Waals surface area contributed by atoms with Crippen LogP contribution in [0.5, 0.6) is 17.2 Å². The summed E-state index contributed by atoms with van der Waals surface area (Å²) in [6.45, 7) is 1.46. The van der Waals surface area contributed by atoms with Gasteiger partial charge in [-0.3, -0.25) is 9.10 Å². The SMILES string of the molecule is CCS(=O)(=O)N1CC(C(=O)Nc2ccccc2Oc2ccccc2)Oc2ccccc21. The molecule has 160 valence electrons. The lowest BCUT2D eigenvalue weighted by Crippen LogP contribution is -2.49. The average Bonchev–Trinajstić information content (AvgIpc) is 2.80. The quantitative estimate of drug-likeness (QED) is 0.628. The second kappa shape index (κ2) is 8.69. The third-order valence-electron chi connectivity index (χ3n) is 4.84. The van der Waals surface area contributed by atoms with E-state index in [1.165, 1.54) is 4.31 Å². The van der Waals surface area contributed by atoms with Crippen LogP contribution in [-0.2, 0) is 14.8 Å². The molecule has 1 atom stereocenters. The number of ether oxygens (including phenoxy) is 2. The van der Waals surface area contributed by atoms with Crippen LogP contribution in [0.2, 0.25) is 0 Å². The molecule has 1 unspecified atom stereocenters. The lowest BCUT2D eigenvalue weighted by atomic mass is 10.2. The summed E-state index contributed by atoms with van der Waals surface area (Å²) < 4.78 is 38.2. The summed E-state index contributed by atoms with van der Waals surface area (Å²) in [7, 11) is -3.57. The molecule has 8 heteroatoms. The maximum atomic E-state index is 13.0. The van der Waals surface area contributed by atoms with E-state index >= 15 is 0 Å². The van der Waals surface area contributed by atoms with Crippen LogP contribution in [0, 0.1) is 0 Å². The van der Waals surface area contributed by atoms with Crippen LogP contribution < -0.4 is 19.1 Å². The molecule has 0 fully saturated rings. The Morgan fingerprint density at radius 3 is 2.48 bits per heavy atom. The molecule has 1 amide bonds.